The van der Waals surface area contributed by atoms with E-state index in [4.69, 9.17) is 0 Å². The molecule has 0 saturated carbocycles. The highest BCUT2D eigenvalue weighted by molar-refractivity contribution is 7.89. The first-order chi connectivity index (χ1) is 12.9. The van der Waals surface area contributed by atoms with Gasteiger partial charge in [-0.15, -0.1) is 0 Å². The minimum Gasteiger partial charge on any atom is -0.337 e. The van der Waals surface area contributed by atoms with Crippen LogP contribution in [0.25, 0.3) is 0 Å². The van der Waals surface area contributed by atoms with Crippen LogP contribution in [-0.4, -0.2) is 53.0 Å². The van der Waals surface area contributed by atoms with E-state index in [1.165, 1.54) is 16.4 Å². The molecule has 1 aromatic carbocycles. The van der Waals surface area contributed by atoms with Crippen molar-refractivity contribution in [3.05, 3.63) is 59.7 Å². The van der Waals surface area contributed by atoms with E-state index in [2.05, 4.69) is 0 Å². The molecule has 144 valence electrons. The Bertz CT molecular complexity index is 955. The highest BCUT2D eigenvalue weighted by Gasteiger charge is 2.47. The summed E-state index contributed by atoms with van der Waals surface area (Å²) in [5, 5.41) is 0. The molecule has 1 amide bonds. The van der Waals surface area contributed by atoms with Crippen LogP contribution in [0, 0.1) is 5.82 Å². The number of benzene rings is 1. The summed E-state index contributed by atoms with van der Waals surface area (Å²) in [5.41, 5.74) is 1.38. The van der Waals surface area contributed by atoms with Gasteiger partial charge in [0, 0.05) is 25.8 Å². The van der Waals surface area contributed by atoms with Crippen molar-refractivity contribution >= 4 is 15.9 Å². The summed E-state index contributed by atoms with van der Waals surface area (Å²) < 4.78 is 41.8. The maximum absolute atomic E-state index is 13.2. The van der Waals surface area contributed by atoms with E-state index in [0.717, 1.165) is 5.56 Å². The van der Waals surface area contributed by atoms with E-state index in [1.807, 2.05) is 23.8 Å². The average Bonchev–Trinajstić information content (AvgIpc) is 3.27. The van der Waals surface area contributed by atoms with E-state index in [1.54, 1.807) is 23.1 Å². The smallest absolute Gasteiger partial charge is 0.271 e. The third-order valence-corrected chi connectivity index (χ3v) is 7.37. The van der Waals surface area contributed by atoms with Gasteiger partial charge in [-0.25, -0.2) is 12.8 Å². The van der Waals surface area contributed by atoms with Crippen LogP contribution in [0.1, 0.15) is 35.4 Å². The summed E-state index contributed by atoms with van der Waals surface area (Å²) in [6, 6.07) is 9.29. The molecule has 0 unspecified atom stereocenters. The monoisotopic (exact) mass is 391 g/mol. The lowest BCUT2D eigenvalue weighted by molar-refractivity contribution is 0.0559. The van der Waals surface area contributed by atoms with Crippen molar-refractivity contribution in [3.63, 3.8) is 0 Å². The lowest BCUT2D eigenvalue weighted by atomic mass is 10.0. The molecule has 1 saturated heterocycles. The van der Waals surface area contributed by atoms with Crippen LogP contribution < -0.4 is 0 Å². The van der Waals surface area contributed by atoms with Gasteiger partial charge in [-0.05, 0) is 36.2 Å². The quantitative estimate of drug-likeness (QED) is 0.785. The molecule has 0 radical (unpaired) electrons. The fourth-order valence-corrected chi connectivity index (χ4v) is 5.60. The van der Waals surface area contributed by atoms with Crippen molar-refractivity contribution in [2.45, 2.75) is 32.0 Å². The van der Waals surface area contributed by atoms with Crippen molar-refractivity contribution in [2.24, 2.45) is 0 Å². The highest BCUT2D eigenvalue weighted by Crippen LogP contribution is 2.35. The number of nitrogens with zero attached hydrogens (tertiary/aromatic N) is 3. The molecule has 0 aliphatic carbocycles. The summed E-state index contributed by atoms with van der Waals surface area (Å²) in [4.78, 5) is 14.8. The Kier molecular flexibility index (Phi) is 4.55. The maximum atomic E-state index is 13.2. The largest absolute Gasteiger partial charge is 0.337 e. The van der Waals surface area contributed by atoms with Crippen LogP contribution in [0.3, 0.4) is 0 Å². The average molecular weight is 391 g/mol. The molecular weight excluding hydrogens is 369 g/mol. The van der Waals surface area contributed by atoms with Crippen LogP contribution in [0.2, 0.25) is 0 Å². The van der Waals surface area contributed by atoms with Crippen LogP contribution in [-0.2, 0) is 16.6 Å². The molecule has 2 aliphatic rings. The van der Waals surface area contributed by atoms with Crippen molar-refractivity contribution in [1.82, 2.24) is 13.8 Å². The predicted octanol–water partition coefficient (Wildman–Crippen LogP) is 2.25. The Balaban J connectivity index is 1.68. The molecule has 1 aromatic heterocycles. The Morgan fingerprint density at radius 3 is 2.52 bits per heavy atom. The molecule has 0 bridgehead atoms. The fourth-order valence-electron chi connectivity index (χ4n) is 4.07. The molecular formula is C19H22FN3O3S. The zero-order valence-corrected chi connectivity index (χ0v) is 15.9. The first-order valence-corrected chi connectivity index (χ1v) is 10.7. The van der Waals surface area contributed by atoms with Crippen LogP contribution >= 0.6 is 0 Å². The third kappa shape index (κ3) is 3.17. The number of carbonyl (C=O) groups excluding carboxylic acids is 1. The van der Waals surface area contributed by atoms with Gasteiger partial charge < -0.3 is 9.47 Å². The Labute approximate surface area is 158 Å². The van der Waals surface area contributed by atoms with E-state index >= 15 is 0 Å². The van der Waals surface area contributed by atoms with Crippen molar-refractivity contribution in [1.29, 1.82) is 0 Å². The number of hydrogen-bond acceptors (Lipinski definition) is 3. The summed E-state index contributed by atoms with van der Waals surface area (Å²) >= 11 is 0. The highest BCUT2D eigenvalue weighted by atomic mass is 32.2. The normalized spacial score (nSPS) is 22.7. The van der Waals surface area contributed by atoms with Gasteiger partial charge in [0.1, 0.15) is 11.5 Å². The molecule has 1 fully saturated rings. The first-order valence-electron chi connectivity index (χ1n) is 9.11. The van der Waals surface area contributed by atoms with E-state index in [0.29, 0.717) is 25.2 Å². The number of amides is 1. The number of aromatic nitrogens is 1. The Morgan fingerprint density at radius 2 is 1.81 bits per heavy atom. The van der Waals surface area contributed by atoms with Gasteiger partial charge in [0.15, 0.2) is 0 Å². The standard InChI is InChI=1S/C19H22FN3O3S/c1-2-10-27(25,26)21-12-17-18(13-21)23(11-14-5-7-15(20)8-6-14)19(24)16-4-3-9-22(16)17/h3-9,17-18H,2,10-13H2,1H3/t17-,18-/m0/s1. The predicted molar refractivity (Wildman–Crippen MR) is 99.2 cm³/mol. The molecule has 2 aromatic rings. The zero-order chi connectivity index (χ0) is 19.2. The minimum atomic E-state index is -3.34. The summed E-state index contributed by atoms with van der Waals surface area (Å²) in [6.07, 6.45) is 2.40. The summed E-state index contributed by atoms with van der Waals surface area (Å²) in [7, 11) is -3.34. The molecule has 8 heteroatoms. The fraction of sp³-hybridized carbons (Fsp3) is 0.421. The molecule has 27 heavy (non-hydrogen) atoms. The van der Waals surface area contributed by atoms with Gasteiger partial charge in [-0.3, -0.25) is 4.79 Å². The lowest BCUT2D eigenvalue weighted by Crippen LogP contribution is -2.49. The number of rotatable bonds is 5. The summed E-state index contributed by atoms with van der Waals surface area (Å²) in [5.74, 6) is -0.342. The van der Waals surface area contributed by atoms with Gasteiger partial charge in [-0.1, -0.05) is 19.1 Å². The van der Waals surface area contributed by atoms with Crippen molar-refractivity contribution in [3.8, 4) is 0 Å². The van der Waals surface area contributed by atoms with Gasteiger partial charge in [0.2, 0.25) is 10.0 Å². The van der Waals surface area contributed by atoms with E-state index < -0.39 is 10.0 Å². The molecule has 2 aliphatic heterocycles. The second-order valence-electron chi connectivity index (χ2n) is 7.13. The molecule has 4 rings (SSSR count). The molecule has 3 heterocycles. The van der Waals surface area contributed by atoms with Crippen molar-refractivity contribution in [2.75, 3.05) is 18.8 Å². The third-order valence-electron chi connectivity index (χ3n) is 5.36. The molecule has 2 atom stereocenters. The number of halogens is 1. The van der Waals surface area contributed by atoms with Crippen molar-refractivity contribution < 1.29 is 17.6 Å². The van der Waals surface area contributed by atoms with Gasteiger partial charge in [0.25, 0.3) is 5.91 Å². The Morgan fingerprint density at radius 1 is 1.11 bits per heavy atom. The SMILES string of the molecule is CCCS(=O)(=O)N1C[C@H]2[C@H](C1)n1cccc1C(=O)N2Cc1ccc(F)cc1. The van der Waals surface area contributed by atoms with Crippen LogP contribution in [0.5, 0.6) is 0 Å². The number of sulfonamides is 1. The molecule has 0 spiro atoms. The van der Waals surface area contributed by atoms with Gasteiger partial charge in [-0.2, -0.15) is 4.31 Å². The van der Waals surface area contributed by atoms with E-state index in [-0.39, 0.29) is 36.1 Å². The number of carbonyl (C=O) groups is 1. The lowest BCUT2D eigenvalue weighted by Gasteiger charge is -2.38. The second-order valence-corrected chi connectivity index (χ2v) is 9.22. The first kappa shape index (κ1) is 18.2. The van der Waals surface area contributed by atoms with Gasteiger partial charge in [0.05, 0.1) is 17.8 Å². The molecule has 6 nitrogen and oxygen atoms in total. The Hall–Kier alpha value is -2.19. The summed E-state index contributed by atoms with van der Waals surface area (Å²) in [6.45, 7) is 2.82. The number of fused-ring (bicyclic) bond motifs is 3. The van der Waals surface area contributed by atoms with Crippen LogP contribution in [0.15, 0.2) is 42.6 Å². The maximum Gasteiger partial charge on any atom is 0.271 e. The molecule has 0 N–H and O–H groups in total. The van der Waals surface area contributed by atoms with E-state index in [9.17, 15) is 17.6 Å². The van der Waals surface area contributed by atoms with Crippen LogP contribution in [0.4, 0.5) is 4.39 Å². The number of hydrogen-bond donors (Lipinski definition) is 0. The van der Waals surface area contributed by atoms with Gasteiger partial charge >= 0.3 is 0 Å². The topological polar surface area (TPSA) is 62.6 Å². The minimum absolute atomic E-state index is 0.108. The zero-order valence-electron chi connectivity index (χ0n) is 15.1. The second kappa shape index (κ2) is 6.76.